The number of nitrogens with zero attached hydrogens (tertiary/aromatic N) is 1. The van der Waals surface area contributed by atoms with Crippen LogP contribution in [0.25, 0.3) is 6.08 Å². The van der Waals surface area contributed by atoms with E-state index in [0.29, 0.717) is 36.0 Å². The Kier molecular flexibility index (Phi) is 9.73. The molecule has 4 aromatic rings. The third-order valence-corrected chi connectivity index (χ3v) is 6.96. The number of halogens is 3. The summed E-state index contributed by atoms with van der Waals surface area (Å²) in [6, 6.07) is 28.6. The van der Waals surface area contributed by atoms with Gasteiger partial charge in [-0.05, 0) is 116 Å². The predicted molar refractivity (Wildman–Crippen MR) is 162 cm³/mol. The molecule has 0 bridgehead atoms. The fourth-order valence-corrected chi connectivity index (χ4v) is 5.55. The third-order valence-electron chi connectivity index (χ3n) is 5.35. The van der Waals surface area contributed by atoms with Crippen molar-refractivity contribution < 1.29 is 18.7 Å². The Morgan fingerprint density at radius 1 is 0.868 bits per heavy atom. The van der Waals surface area contributed by atoms with E-state index in [-0.39, 0.29) is 11.4 Å². The highest BCUT2D eigenvalue weighted by Crippen LogP contribution is 2.30. The lowest BCUT2D eigenvalue weighted by Crippen LogP contribution is -2.13. The number of rotatable bonds is 9. The second-order valence-corrected chi connectivity index (χ2v) is 10.5. The van der Waals surface area contributed by atoms with Crippen molar-refractivity contribution in [2.45, 2.75) is 13.2 Å². The van der Waals surface area contributed by atoms with Gasteiger partial charge in [-0.25, -0.2) is 4.39 Å². The molecular weight excluding hydrogens is 709 g/mol. The summed E-state index contributed by atoms with van der Waals surface area (Å²) in [4.78, 5) is 12.8. The Morgan fingerprint density at radius 3 is 2.11 bits per heavy atom. The van der Waals surface area contributed by atoms with E-state index in [1.807, 2.05) is 48.5 Å². The minimum absolute atomic E-state index is 0.0269. The second kappa shape index (κ2) is 13.4. The number of nitrogens with one attached hydrogen (secondary N) is 1. The molecule has 0 heterocycles. The van der Waals surface area contributed by atoms with Gasteiger partial charge in [0.05, 0.1) is 7.14 Å². The molecule has 4 aromatic carbocycles. The number of amides is 1. The average molecular weight is 730 g/mol. The summed E-state index contributed by atoms with van der Waals surface area (Å²) in [5.74, 6) is 0.558. The van der Waals surface area contributed by atoms with Crippen LogP contribution in [-0.4, -0.2) is 5.91 Å². The smallest absolute Gasteiger partial charge is 0.266 e. The zero-order valence-corrected chi connectivity index (χ0v) is 24.3. The van der Waals surface area contributed by atoms with Gasteiger partial charge in [0.15, 0.2) is 0 Å². The molecule has 0 saturated carbocycles. The number of nitriles is 1. The van der Waals surface area contributed by atoms with E-state index in [2.05, 4.69) is 50.5 Å². The minimum Gasteiger partial charge on any atom is -0.489 e. The van der Waals surface area contributed by atoms with E-state index in [9.17, 15) is 14.4 Å². The fraction of sp³-hybridized carbons (Fsp3) is 0.0667. The molecule has 5 nitrogen and oxygen atoms in total. The maximum atomic E-state index is 13.1. The van der Waals surface area contributed by atoms with Crippen LogP contribution in [0.5, 0.6) is 11.5 Å². The molecule has 0 fully saturated rings. The molecular formula is C30H21FI2N2O3. The highest BCUT2D eigenvalue weighted by molar-refractivity contribution is 14.1. The molecule has 0 aliphatic rings. The monoisotopic (exact) mass is 730 g/mol. The van der Waals surface area contributed by atoms with E-state index < -0.39 is 5.91 Å². The molecule has 0 unspecified atom stereocenters. The van der Waals surface area contributed by atoms with Crippen molar-refractivity contribution in [3.05, 3.63) is 126 Å². The Hall–Kier alpha value is -3.43. The lowest BCUT2D eigenvalue weighted by Gasteiger charge is -2.12. The summed E-state index contributed by atoms with van der Waals surface area (Å²) in [7, 11) is 0. The number of benzene rings is 4. The molecule has 0 radical (unpaired) electrons. The fourth-order valence-electron chi connectivity index (χ4n) is 3.43. The average Bonchev–Trinajstić information content (AvgIpc) is 2.92. The molecule has 1 amide bonds. The normalized spacial score (nSPS) is 10.9. The molecule has 8 heteroatoms. The summed E-state index contributed by atoms with van der Waals surface area (Å²) in [6.45, 7) is 0.741. The van der Waals surface area contributed by atoms with E-state index >= 15 is 0 Å². The number of ether oxygens (including phenoxy) is 2. The van der Waals surface area contributed by atoms with Gasteiger partial charge in [0.2, 0.25) is 0 Å². The zero-order chi connectivity index (χ0) is 26.9. The highest BCUT2D eigenvalue weighted by atomic mass is 127. The van der Waals surface area contributed by atoms with Crippen LogP contribution in [0.4, 0.5) is 10.1 Å². The van der Waals surface area contributed by atoms with Crippen molar-refractivity contribution in [3.63, 3.8) is 0 Å². The molecule has 1 N–H and O–H groups in total. The predicted octanol–water partition coefficient (Wildman–Crippen LogP) is 7.74. The van der Waals surface area contributed by atoms with Crippen LogP contribution in [0.1, 0.15) is 16.7 Å². The van der Waals surface area contributed by atoms with Crippen LogP contribution >= 0.6 is 45.2 Å². The van der Waals surface area contributed by atoms with Gasteiger partial charge in [-0.3, -0.25) is 4.79 Å². The first-order valence-corrected chi connectivity index (χ1v) is 13.6. The number of carbonyl (C=O) groups excluding carboxylic acids is 1. The van der Waals surface area contributed by atoms with Gasteiger partial charge in [0, 0.05) is 5.69 Å². The van der Waals surface area contributed by atoms with Gasteiger partial charge in [-0.15, -0.1) is 0 Å². The highest BCUT2D eigenvalue weighted by Gasteiger charge is 2.13. The SMILES string of the molecule is N#C/C(=C\c1cc(I)c(OCc2ccc(F)cc2)c(I)c1)C(=O)Nc1ccc(OCc2ccccc2)cc1. The third kappa shape index (κ3) is 7.79. The summed E-state index contributed by atoms with van der Waals surface area (Å²) >= 11 is 4.31. The number of hydrogen-bond donors (Lipinski definition) is 1. The van der Waals surface area contributed by atoms with Crippen LogP contribution in [-0.2, 0) is 18.0 Å². The van der Waals surface area contributed by atoms with Crippen molar-refractivity contribution in [3.8, 4) is 17.6 Å². The van der Waals surface area contributed by atoms with Gasteiger partial charge < -0.3 is 14.8 Å². The van der Waals surface area contributed by atoms with Crippen LogP contribution < -0.4 is 14.8 Å². The molecule has 38 heavy (non-hydrogen) atoms. The lowest BCUT2D eigenvalue weighted by molar-refractivity contribution is -0.112. The van der Waals surface area contributed by atoms with Crippen LogP contribution in [0.15, 0.2) is 96.6 Å². The topological polar surface area (TPSA) is 71.3 Å². The largest absolute Gasteiger partial charge is 0.489 e. The molecule has 0 aliphatic carbocycles. The van der Waals surface area contributed by atoms with E-state index in [1.54, 1.807) is 42.5 Å². The Bertz CT molecular complexity index is 1460. The molecule has 190 valence electrons. The Labute approximate surface area is 247 Å². The maximum Gasteiger partial charge on any atom is 0.266 e. The van der Waals surface area contributed by atoms with Crippen molar-refractivity contribution >= 4 is 62.9 Å². The van der Waals surface area contributed by atoms with E-state index in [0.717, 1.165) is 18.3 Å². The van der Waals surface area contributed by atoms with Crippen molar-refractivity contribution in [1.29, 1.82) is 5.26 Å². The van der Waals surface area contributed by atoms with Gasteiger partial charge in [0.1, 0.15) is 42.2 Å². The quantitative estimate of drug-likeness (QED) is 0.109. The number of anilines is 1. The Morgan fingerprint density at radius 2 is 1.47 bits per heavy atom. The summed E-state index contributed by atoms with van der Waals surface area (Å²) < 4.78 is 26.5. The van der Waals surface area contributed by atoms with Gasteiger partial charge >= 0.3 is 0 Å². The van der Waals surface area contributed by atoms with Crippen molar-refractivity contribution in [2.75, 3.05) is 5.32 Å². The van der Waals surface area contributed by atoms with Gasteiger partial charge in [-0.2, -0.15) is 5.26 Å². The van der Waals surface area contributed by atoms with Crippen LogP contribution in [0, 0.1) is 24.3 Å². The summed E-state index contributed by atoms with van der Waals surface area (Å²) in [5, 5.41) is 12.4. The van der Waals surface area contributed by atoms with Crippen LogP contribution in [0.3, 0.4) is 0 Å². The summed E-state index contributed by atoms with van der Waals surface area (Å²) in [6.07, 6.45) is 1.54. The lowest BCUT2D eigenvalue weighted by atomic mass is 10.1. The van der Waals surface area contributed by atoms with Crippen molar-refractivity contribution in [2.24, 2.45) is 0 Å². The first-order valence-electron chi connectivity index (χ1n) is 11.5. The molecule has 0 aromatic heterocycles. The second-order valence-electron chi connectivity index (χ2n) is 8.15. The molecule has 0 spiro atoms. The summed E-state index contributed by atoms with van der Waals surface area (Å²) in [5.41, 5.74) is 3.13. The van der Waals surface area contributed by atoms with Crippen molar-refractivity contribution in [1.82, 2.24) is 0 Å². The van der Waals surface area contributed by atoms with E-state index in [1.165, 1.54) is 12.1 Å². The zero-order valence-electron chi connectivity index (χ0n) is 20.0. The maximum absolute atomic E-state index is 13.1. The first-order chi connectivity index (χ1) is 18.4. The van der Waals surface area contributed by atoms with E-state index in [4.69, 9.17) is 9.47 Å². The molecule has 0 aliphatic heterocycles. The molecule has 0 atom stereocenters. The molecule has 0 saturated heterocycles. The number of carbonyl (C=O) groups is 1. The number of hydrogen-bond acceptors (Lipinski definition) is 4. The minimum atomic E-state index is -0.507. The van der Waals surface area contributed by atoms with Gasteiger partial charge in [-0.1, -0.05) is 42.5 Å². The first kappa shape index (κ1) is 27.6. The van der Waals surface area contributed by atoms with Crippen LogP contribution in [0.2, 0.25) is 0 Å². The molecule has 4 rings (SSSR count). The van der Waals surface area contributed by atoms with Gasteiger partial charge in [0.25, 0.3) is 5.91 Å². The Balaban J connectivity index is 1.39. The standard InChI is InChI=1S/C30H21FI2N2O3/c31-24-8-6-21(7-9-24)19-38-29-27(32)15-22(16-28(29)33)14-23(17-34)30(36)35-25-10-12-26(13-11-25)37-18-20-4-2-1-3-5-20/h1-16H,18-19H2,(H,35,36)/b23-14+.